The van der Waals surface area contributed by atoms with Crippen molar-refractivity contribution >= 4 is 28.7 Å². The molecule has 2 amide bonds. The number of hydrogen-bond donors (Lipinski definition) is 3. The molecule has 0 atom stereocenters. The number of carbonyl (C=O) groups is 1. The van der Waals surface area contributed by atoms with Gasteiger partial charge in [0, 0.05) is 11.0 Å². The van der Waals surface area contributed by atoms with E-state index in [0.717, 1.165) is 11.0 Å². The summed E-state index contributed by atoms with van der Waals surface area (Å²) in [5, 5.41) is 0. The van der Waals surface area contributed by atoms with Gasteiger partial charge in [0.05, 0.1) is 0 Å². The highest BCUT2D eigenvalue weighted by molar-refractivity contribution is 8.68. The topological polar surface area (TPSA) is 55.1 Å². The first-order valence-electron chi connectivity index (χ1n) is 1.13. The number of thiol groups is 1. The minimum atomic E-state index is -0.574. The zero-order chi connectivity index (χ0) is 4.99. The van der Waals surface area contributed by atoms with Crippen LogP contribution in [0.2, 0.25) is 0 Å². The first kappa shape index (κ1) is 5.97. The van der Waals surface area contributed by atoms with Crippen molar-refractivity contribution in [3.8, 4) is 0 Å². The molecule has 5 heteroatoms. The number of hydrogen-bond acceptors (Lipinski definition) is 3. The third kappa shape index (κ3) is 3.97. The van der Waals surface area contributed by atoms with Crippen molar-refractivity contribution in [2.24, 2.45) is 5.73 Å². The Labute approximate surface area is 44.6 Å². The summed E-state index contributed by atoms with van der Waals surface area (Å²) in [4.78, 5) is 9.64. The van der Waals surface area contributed by atoms with Crippen LogP contribution in [-0.4, -0.2) is 6.03 Å². The summed E-state index contributed by atoms with van der Waals surface area (Å²) in [6.45, 7) is 0. The van der Waals surface area contributed by atoms with E-state index in [9.17, 15) is 4.79 Å². The molecule has 0 aliphatic carbocycles. The van der Waals surface area contributed by atoms with Crippen molar-refractivity contribution < 1.29 is 4.79 Å². The molecular weight excluding hydrogens is 120 g/mol. The number of nitrogens with two attached hydrogens (primary N) is 1. The smallest absolute Gasteiger partial charge is 0.322 e. The van der Waals surface area contributed by atoms with Gasteiger partial charge in [0.2, 0.25) is 0 Å². The van der Waals surface area contributed by atoms with Crippen molar-refractivity contribution in [2.45, 2.75) is 0 Å². The van der Waals surface area contributed by atoms with E-state index in [1.54, 1.807) is 0 Å². The van der Waals surface area contributed by atoms with E-state index in [0.29, 0.717) is 0 Å². The van der Waals surface area contributed by atoms with Crippen molar-refractivity contribution in [3.63, 3.8) is 0 Å². The first-order valence-corrected chi connectivity index (χ1v) is 3.00. The Bertz CT molecular complexity index is 55.5. The molecular formula is CH4N2OS2. The molecule has 0 aromatic heterocycles. The number of primary amides is 1. The summed E-state index contributed by atoms with van der Waals surface area (Å²) in [5.74, 6) is 0. The number of carbonyl (C=O) groups excluding carboxylic acids is 1. The first-order chi connectivity index (χ1) is 2.77. The SMILES string of the molecule is NC(=O)NSS. The molecule has 0 saturated carbocycles. The van der Waals surface area contributed by atoms with Crippen molar-refractivity contribution in [1.82, 2.24) is 4.72 Å². The van der Waals surface area contributed by atoms with Crippen molar-refractivity contribution in [1.29, 1.82) is 0 Å². The molecule has 0 aliphatic rings. The average Bonchev–Trinajstić information content (AvgIpc) is 1.35. The van der Waals surface area contributed by atoms with Gasteiger partial charge in [0.1, 0.15) is 0 Å². The lowest BCUT2D eigenvalue weighted by Crippen LogP contribution is -2.21. The monoisotopic (exact) mass is 124 g/mol. The second-order valence-corrected chi connectivity index (χ2v) is 1.49. The van der Waals surface area contributed by atoms with Gasteiger partial charge in [-0.25, -0.2) is 4.79 Å². The van der Waals surface area contributed by atoms with Crippen LogP contribution in [0.5, 0.6) is 0 Å². The van der Waals surface area contributed by atoms with Gasteiger partial charge in [-0.1, -0.05) is 11.7 Å². The third-order valence-electron chi connectivity index (χ3n) is 0.146. The Morgan fingerprint density at radius 1 is 2.00 bits per heavy atom. The Kier molecular flexibility index (Phi) is 3.16. The quantitative estimate of drug-likeness (QED) is 0.265. The second kappa shape index (κ2) is 3.17. The molecule has 0 bridgehead atoms. The zero-order valence-corrected chi connectivity index (χ0v) is 4.55. The molecule has 0 aromatic rings. The summed E-state index contributed by atoms with van der Waals surface area (Å²) >= 11 is 3.56. The maximum atomic E-state index is 9.64. The summed E-state index contributed by atoms with van der Waals surface area (Å²) in [7, 11) is 0.880. The van der Waals surface area contributed by atoms with Gasteiger partial charge >= 0.3 is 6.03 Å². The fourth-order valence-corrected chi connectivity index (χ4v) is 0.405. The van der Waals surface area contributed by atoms with Crippen LogP contribution in [-0.2, 0) is 0 Å². The van der Waals surface area contributed by atoms with Gasteiger partial charge in [-0.2, -0.15) is 0 Å². The molecule has 0 aromatic carbocycles. The van der Waals surface area contributed by atoms with Gasteiger partial charge < -0.3 is 5.73 Å². The lowest BCUT2D eigenvalue weighted by Gasteiger charge is -1.86. The van der Waals surface area contributed by atoms with E-state index in [2.05, 4.69) is 22.1 Å². The van der Waals surface area contributed by atoms with Gasteiger partial charge in [-0.3, -0.25) is 4.72 Å². The lowest BCUT2D eigenvalue weighted by atomic mass is 11.2. The van der Waals surface area contributed by atoms with Crippen LogP contribution in [0.25, 0.3) is 0 Å². The second-order valence-electron chi connectivity index (χ2n) is 0.558. The number of urea groups is 1. The van der Waals surface area contributed by atoms with Crippen LogP contribution in [0.15, 0.2) is 0 Å². The predicted octanol–water partition coefficient (Wildman–Crippen LogP) is 0.148. The van der Waals surface area contributed by atoms with Gasteiger partial charge in [0.15, 0.2) is 0 Å². The normalized spacial score (nSPS) is 7.50. The molecule has 0 aliphatic heterocycles. The minimum absolute atomic E-state index is 0.574. The number of nitrogens with one attached hydrogen (secondary N) is 1. The highest BCUT2D eigenvalue weighted by Gasteiger charge is 1.81. The Balaban J connectivity index is 2.83. The van der Waals surface area contributed by atoms with Gasteiger partial charge in [-0.15, -0.1) is 0 Å². The maximum Gasteiger partial charge on any atom is 0.322 e. The van der Waals surface area contributed by atoms with Crippen LogP contribution >= 0.6 is 22.6 Å². The van der Waals surface area contributed by atoms with Crippen LogP contribution in [0.1, 0.15) is 0 Å². The zero-order valence-electron chi connectivity index (χ0n) is 2.84. The fourth-order valence-electron chi connectivity index (χ4n) is 0.0450. The molecule has 0 rings (SSSR count). The largest absolute Gasteiger partial charge is 0.351 e. The van der Waals surface area contributed by atoms with Gasteiger partial charge in [0.25, 0.3) is 0 Å². The molecule has 6 heavy (non-hydrogen) atoms. The van der Waals surface area contributed by atoms with Crippen LogP contribution in [0.4, 0.5) is 4.79 Å². The van der Waals surface area contributed by atoms with Crippen LogP contribution in [0.3, 0.4) is 0 Å². The average molecular weight is 124 g/mol. The fraction of sp³-hybridized carbons (Fsp3) is 0. The maximum absolute atomic E-state index is 9.64. The molecule has 36 valence electrons. The Hall–Kier alpha value is -0.0300. The number of amides is 2. The summed E-state index contributed by atoms with van der Waals surface area (Å²) in [6.07, 6.45) is 0. The van der Waals surface area contributed by atoms with E-state index in [1.165, 1.54) is 0 Å². The van der Waals surface area contributed by atoms with E-state index >= 15 is 0 Å². The van der Waals surface area contributed by atoms with E-state index in [4.69, 9.17) is 0 Å². The number of rotatable bonds is 1. The van der Waals surface area contributed by atoms with Gasteiger partial charge in [-0.05, 0) is 0 Å². The van der Waals surface area contributed by atoms with E-state index < -0.39 is 6.03 Å². The highest BCUT2D eigenvalue weighted by atomic mass is 33.1. The predicted molar refractivity (Wildman–Crippen MR) is 29.3 cm³/mol. The minimum Gasteiger partial charge on any atom is -0.351 e. The Morgan fingerprint density at radius 2 is 2.50 bits per heavy atom. The molecule has 0 fully saturated rings. The Morgan fingerprint density at radius 3 is 2.50 bits per heavy atom. The standard InChI is InChI=1S/CH4N2OS2/c2-1(4)3-6-5/h5H,(H3,2,3,4). The van der Waals surface area contributed by atoms with Crippen LogP contribution in [0, 0.1) is 0 Å². The molecule has 3 N–H and O–H groups in total. The summed E-state index contributed by atoms with van der Waals surface area (Å²) in [6, 6.07) is -0.574. The molecule has 0 saturated heterocycles. The molecule has 0 spiro atoms. The molecule has 0 unspecified atom stereocenters. The van der Waals surface area contributed by atoms with E-state index in [-0.39, 0.29) is 0 Å². The summed E-state index contributed by atoms with van der Waals surface area (Å²) < 4.78 is 2.13. The lowest BCUT2D eigenvalue weighted by molar-refractivity contribution is 0.254. The van der Waals surface area contributed by atoms with E-state index in [1.807, 2.05) is 0 Å². The molecule has 3 nitrogen and oxygen atoms in total. The van der Waals surface area contributed by atoms with Crippen molar-refractivity contribution in [3.05, 3.63) is 0 Å². The van der Waals surface area contributed by atoms with Crippen molar-refractivity contribution in [2.75, 3.05) is 0 Å². The molecule has 0 radical (unpaired) electrons. The molecule has 0 heterocycles. The van der Waals surface area contributed by atoms with Crippen LogP contribution < -0.4 is 10.5 Å². The summed E-state index contributed by atoms with van der Waals surface area (Å²) in [5.41, 5.74) is 4.58. The highest BCUT2D eigenvalue weighted by Crippen LogP contribution is 1.93. The third-order valence-corrected chi connectivity index (χ3v) is 0.713.